The molecule has 0 aromatic rings. The zero-order valence-electron chi connectivity index (χ0n) is 14.5. The molecule has 22 heavy (non-hydrogen) atoms. The van der Waals surface area contributed by atoms with Crippen molar-refractivity contribution < 1.29 is 19.4 Å². The number of carboxylic acids is 1. The van der Waals surface area contributed by atoms with Crippen LogP contribution in [0.2, 0.25) is 0 Å². The second-order valence-electron chi connectivity index (χ2n) is 5.63. The van der Waals surface area contributed by atoms with Gasteiger partial charge in [0.2, 0.25) is 0 Å². The van der Waals surface area contributed by atoms with E-state index in [1.807, 2.05) is 0 Å². The van der Waals surface area contributed by atoms with E-state index in [1.165, 1.54) is 37.0 Å². The summed E-state index contributed by atoms with van der Waals surface area (Å²) < 4.78 is 4.98. The summed E-state index contributed by atoms with van der Waals surface area (Å²) in [6.07, 6.45) is 9.21. The van der Waals surface area contributed by atoms with Gasteiger partial charge in [0, 0.05) is 6.54 Å². The van der Waals surface area contributed by atoms with E-state index in [2.05, 4.69) is 6.92 Å². The fourth-order valence-electron chi connectivity index (χ4n) is 2.53. The molecule has 1 atom stereocenters. The van der Waals surface area contributed by atoms with Crippen LogP contribution in [0.5, 0.6) is 0 Å². The minimum atomic E-state index is -0.963. The van der Waals surface area contributed by atoms with Gasteiger partial charge in [-0.1, -0.05) is 58.8 Å². The standard InChI is InChI=1S/C17H33NO4/c1-4-7-8-9-10-11-12-13-14-18(17(21)22-6-3)15(5-2)16(19)20/h15H,4-14H2,1-3H3,(H,19,20). The fraction of sp³-hybridized carbons (Fsp3) is 0.882. The zero-order valence-corrected chi connectivity index (χ0v) is 14.5. The lowest BCUT2D eigenvalue weighted by Gasteiger charge is -2.27. The third-order valence-electron chi connectivity index (χ3n) is 3.80. The van der Waals surface area contributed by atoms with Crippen molar-refractivity contribution in [2.75, 3.05) is 13.2 Å². The number of hydrogen-bond donors (Lipinski definition) is 1. The number of hydrogen-bond acceptors (Lipinski definition) is 3. The number of nitrogens with zero attached hydrogens (tertiary/aromatic N) is 1. The highest BCUT2D eigenvalue weighted by Gasteiger charge is 2.28. The molecular weight excluding hydrogens is 282 g/mol. The van der Waals surface area contributed by atoms with Gasteiger partial charge in [-0.3, -0.25) is 4.90 Å². The van der Waals surface area contributed by atoms with E-state index in [-0.39, 0.29) is 6.61 Å². The van der Waals surface area contributed by atoms with Crippen LogP contribution in [0.15, 0.2) is 0 Å². The van der Waals surface area contributed by atoms with Gasteiger partial charge in [0.05, 0.1) is 6.61 Å². The Balaban J connectivity index is 4.13. The van der Waals surface area contributed by atoms with Crippen molar-refractivity contribution in [3.63, 3.8) is 0 Å². The molecule has 0 heterocycles. The lowest BCUT2D eigenvalue weighted by molar-refractivity contribution is -0.142. The molecule has 0 aliphatic rings. The number of carboxylic acid groups (broad SMARTS) is 1. The molecule has 1 N–H and O–H groups in total. The summed E-state index contributed by atoms with van der Waals surface area (Å²) in [6, 6.07) is -0.788. The Morgan fingerprint density at radius 2 is 1.50 bits per heavy atom. The minimum absolute atomic E-state index is 0.267. The molecule has 5 heteroatoms. The largest absolute Gasteiger partial charge is 0.480 e. The van der Waals surface area contributed by atoms with Crippen molar-refractivity contribution >= 4 is 12.1 Å². The van der Waals surface area contributed by atoms with Crippen molar-refractivity contribution in [1.82, 2.24) is 4.90 Å². The Morgan fingerprint density at radius 1 is 0.955 bits per heavy atom. The van der Waals surface area contributed by atoms with Gasteiger partial charge in [0.1, 0.15) is 6.04 Å². The third kappa shape index (κ3) is 8.90. The first-order chi connectivity index (χ1) is 10.6. The maximum atomic E-state index is 11.9. The first kappa shape index (κ1) is 20.7. The van der Waals surface area contributed by atoms with Crippen molar-refractivity contribution in [1.29, 1.82) is 0 Å². The van der Waals surface area contributed by atoms with E-state index >= 15 is 0 Å². The van der Waals surface area contributed by atoms with Gasteiger partial charge in [-0.2, -0.15) is 0 Å². The molecule has 0 saturated heterocycles. The van der Waals surface area contributed by atoms with Crippen LogP contribution in [0, 0.1) is 0 Å². The molecule has 130 valence electrons. The minimum Gasteiger partial charge on any atom is -0.480 e. The van der Waals surface area contributed by atoms with Gasteiger partial charge in [0.25, 0.3) is 0 Å². The molecule has 0 fully saturated rings. The van der Waals surface area contributed by atoms with E-state index in [0.29, 0.717) is 13.0 Å². The van der Waals surface area contributed by atoms with Crippen molar-refractivity contribution in [3.05, 3.63) is 0 Å². The monoisotopic (exact) mass is 315 g/mol. The third-order valence-corrected chi connectivity index (χ3v) is 3.80. The van der Waals surface area contributed by atoms with Gasteiger partial charge >= 0.3 is 12.1 Å². The Kier molecular flexibility index (Phi) is 12.6. The number of ether oxygens (including phenoxy) is 1. The molecular formula is C17H33NO4. The van der Waals surface area contributed by atoms with E-state index < -0.39 is 18.1 Å². The normalized spacial score (nSPS) is 12.0. The summed E-state index contributed by atoms with van der Waals surface area (Å²) in [5, 5.41) is 9.23. The van der Waals surface area contributed by atoms with Gasteiger partial charge < -0.3 is 9.84 Å². The van der Waals surface area contributed by atoms with Crippen LogP contribution in [0.3, 0.4) is 0 Å². The van der Waals surface area contributed by atoms with Crippen LogP contribution in [-0.2, 0) is 9.53 Å². The first-order valence-corrected chi connectivity index (χ1v) is 8.74. The van der Waals surface area contributed by atoms with Crippen molar-refractivity contribution in [2.45, 2.75) is 84.6 Å². The van der Waals surface area contributed by atoms with Crippen molar-refractivity contribution in [2.24, 2.45) is 0 Å². The summed E-state index contributed by atoms with van der Waals surface area (Å²) in [4.78, 5) is 24.6. The van der Waals surface area contributed by atoms with Gasteiger partial charge in [-0.25, -0.2) is 9.59 Å². The highest BCUT2D eigenvalue weighted by Crippen LogP contribution is 2.12. The lowest BCUT2D eigenvalue weighted by Crippen LogP contribution is -2.45. The Morgan fingerprint density at radius 3 is 1.95 bits per heavy atom. The maximum Gasteiger partial charge on any atom is 0.410 e. The van der Waals surface area contributed by atoms with E-state index in [0.717, 1.165) is 19.3 Å². The van der Waals surface area contributed by atoms with Crippen LogP contribution in [0.4, 0.5) is 4.79 Å². The van der Waals surface area contributed by atoms with E-state index in [1.54, 1.807) is 13.8 Å². The molecule has 1 amide bonds. The molecule has 0 aromatic heterocycles. The maximum absolute atomic E-state index is 11.9. The van der Waals surface area contributed by atoms with Crippen LogP contribution in [0.25, 0.3) is 0 Å². The molecule has 1 unspecified atom stereocenters. The zero-order chi connectivity index (χ0) is 16.8. The average Bonchev–Trinajstić information content (AvgIpc) is 2.48. The second kappa shape index (κ2) is 13.4. The fourth-order valence-corrected chi connectivity index (χ4v) is 2.53. The van der Waals surface area contributed by atoms with Gasteiger partial charge in [0.15, 0.2) is 0 Å². The summed E-state index contributed by atoms with van der Waals surface area (Å²) >= 11 is 0. The number of amides is 1. The molecule has 0 aliphatic carbocycles. The molecule has 0 spiro atoms. The Bertz CT molecular complexity index is 307. The summed E-state index contributed by atoms with van der Waals surface area (Å²) in [5.74, 6) is -0.963. The molecule has 0 bridgehead atoms. The van der Waals surface area contributed by atoms with Crippen LogP contribution >= 0.6 is 0 Å². The number of carbonyl (C=O) groups is 2. The summed E-state index contributed by atoms with van der Waals surface area (Å²) in [5.41, 5.74) is 0. The number of unbranched alkanes of at least 4 members (excludes halogenated alkanes) is 7. The predicted molar refractivity (Wildman–Crippen MR) is 88.1 cm³/mol. The van der Waals surface area contributed by atoms with Crippen molar-refractivity contribution in [3.8, 4) is 0 Å². The second-order valence-corrected chi connectivity index (χ2v) is 5.63. The number of aliphatic carboxylic acids is 1. The average molecular weight is 315 g/mol. The van der Waals surface area contributed by atoms with E-state index in [4.69, 9.17) is 4.74 Å². The smallest absolute Gasteiger partial charge is 0.410 e. The molecule has 0 rings (SSSR count). The highest BCUT2D eigenvalue weighted by molar-refractivity contribution is 5.79. The molecule has 0 aliphatic heterocycles. The summed E-state index contributed by atoms with van der Waals surface area (Å²) in [6.45, 7) is 6.44. The van der Waals surface area contributed by atoms with Gasteiger partial charge in [-0.05, 0) is 19.8 Å². The quantitative estimate of drug-likeness (QED) is 0.510. The van der Waals surface area contributed by atoms with Crippen LogP contribution in [-0.4, -0.2) is 41.3 Å². The highest BCUT2D eigenvalue weighted by atomic mass is 16.6. The van der Waals surface area contributed by atoms with Gasteiger partial charge in [-0.15, -0.1) is 0 Å². The lowest BCUT2D eigenvalue weighted by atomic mass is 10.1. The summed E-state index contributed by atoms with van der Waals surface area (Å²) in [7, 11) is 0. The molecule has 5 nitrogen and oxygen atoms in total. The molecule has 0 aromatic carbocycles. The Labute approximate surface area is 135 Å². The predicted octanol–water partition coefficient (Wildman–Crippen LogP) is 4.45. The van der Waals surface area contributed by atoms with Crippen LogP contribution in [0.1, 0.15) is 78.6 Å². The SMILES string of the molecule is CCCCCCCCCCN(C(=O)OCC)C(CC)C(=O)O. The molecule has 0 saturated carbocycles. The number of carbonyl (C=O) groups excluding carboxylic acids is 1. The van der Waals surface area contributed by atoms with Crippen LogP contribution < -0.4 is 0 Å². The number of rotatable bonds is 13. The topological polar surface area (TPSA) is 66.8 Å². The molecule has 0 radical (unpaired) electrons. The Hall–Kier alpha value is -1.26. The van der Waals surface area contributed by atoms with E-state index in [9.17, 15) is 14.7 Å². The first-order valence-electron chi connectivity index (χ1n) is 8.74.